The average Bonchev–Trinajstić information content (AvgIpc) is 3.44. The first-order chi connectivity index (χ1) is 14.3. The summed E-state index contributed by atoms with van der Waals surface area (Å²) in [5, 5.41) is 9.39. The van der Waals surface area contributed by atoms with E-state index in [1.165, 1.54) is 18.2 Å². The van der Waals surface area contributed by atoms with Crippen molar-refractivity contribution in [3.05, 3.63) is 59.4 Å². The fraction of sp³-hybridized carbons (Fsp3) is 0.348. The van der Waals surface area contributed by atoms with Gasteiger partial charge < -0.3 is 15.8 Å². The Hall–Kier alpha value is -2.80. The molecule has 158 valence electrons. The van der Waals surface area contributed by atoms with Gasteiger partial charge in [-0.15, -0.1) is 0 Å². The van der Waals surface area contributed by atoms with Crippen LogP contribution < -0.4 is 5.73 Å². The van der Waals surface area contributed by atoms with Crippen molar-refractivity contribution in [2.24, 2.45) is 11.7 Å². The number of rotatable bonds is 4. The molecule has 2 aliphatic carbocycles. The third kappa shape index (κ3) is 4.07. The molecule has 0 aliphatic heterocycles. The molecule has 4 N–H and O–H groups in total. The Morgan fingerprint density at radius 2 is 1.70 bits per heavy atom. The molecule has 4 nitrogen and oxygen atoms in total. The monoisotopic (exact) mass is 416 g/mol. The van der Waals surface area contributed by atoms with Crippen molar-refractivity contribution in [2.45, 2.75) is 44.1 Å². The first kappa shape index (κ1) is 20.5. The lowest BCUT2D eigenvalue weighted by Crippen LogP contribution is -2.29. The number of hydrogen-bond donors (Lipinski definition) is 3. The number of nitrogens with one attached hydrogen (secondary N) is 1. The van der Waals surface area contributed by atoms with Gasteiger partial charge in [0.2, 0.25) is 5.91 Å². The maximum atomic E-state index is 14.1. The number of aliphatic hydroxyl groups is 1. The van der Waals surface area contributed by atoms with Crippen molar-refractivity contribution in [3.63, 3.8) is 0 Å². The van der Waals surface area contributed by atoms with Crippen molar-refractivity contribution in [1.82, 2.24) is 4.98 Å². The molecular formula is C23H23F3N2O2. The number of carbonyl (C=O) groups excluding carboxylic acids is 1. The van der Waals surface area contributed by atoms with E-state index < -0.39 is 23.6 Å². The zero-order valence-electron chi connectivity index (χ0n) is 16.3. The van der Waals surface area contributed by atoms with Crippen molar-refractivity contribution in [3.8, 4) is 11.3 Å². The quantitative estimate of drug-likeness (QED) is 0.573. The van der Waals surface area contributed by atoms with Gasteiger partial charge in [0.05, 0.1) is 11.2 Å². The summed E-state index contributed by atoms with van der Waals surface area (Å²) >= 11 is 0. The van der Waals surface area contributed by atoms with Gasteiger partial charge in [-0.3, -0.25) is 4.79 Å². The molecule has 2 aliphatic rings. The van der Waals surface area contributed by atoms with Gasteiger partial charge in [-0.05, 0) is 79.0 Å². The summed E-state index contributed by atoms with van der Waals surface area (Å²) in [5.74, 6) is -1.60. The van der Waals surface area contributed by atoms with Gasteiger partial charge in [-0.2, -0.15) is 0 Å². The third-order valence-corrected chi connectivity index (χ3v) is 5.87. The lowest BCUT2D eigenvalue weighted by molar-refractivity contribution is -0.126. The number of nitrogens with two attached hydrogens (primary N) is 1. The second-order valence-corrected chi connectivity index (χ2v) is 8.04. The number of benzene rings is 2. The first-order valence-corrected chi connectivity index (χ1v) is 10.1. The summed E-state index contributed by atoms with van der Waals surface area (Å²) in [6.45, 7) is 0. The van der Waals surface area contributed by atoms with Crippen molar-refractivity contribution >= 4 is 16.8 Å². The van der Waals surface area contributed by atoms with E-state index in [1.54, 1.807) is 12.1 Å². The van der Waals surface area contributed by atoms with Crippen LogP contribution in [-0.4, -0.2) is 22.1 Å². The number of fused-ring (bicyclic) bond motifs is 1. The number of halogens is 3. The Kier molecular flexibility index (Phi) is 5.56. The van der Waals surface area contributed by atoms with Crippen LogP contribution >= 0.6 is 0 Å². The SMILES string of the molecule is Fc1ccc(-c2[nH]c3c(F)cc(F)cc3c2C2CCC2)cc1.NC(=O)C(O)C1CC1. The Labute approximate surface area is 171 Å². The molecule has 0 bridgehead atoms. The zero-order chi connectivity index (χ0) is 21.4. The molecule has 1 unspecified atom stereocenters. The predicted molar refractivity (Wildman–Crippen MR) is 108 cm³/mol. The second kappa shape index (κ2) is 8.14. The van der Waals surface area contributed by atoms with Crippen LogP contribution in [0.4, 0.5) is 13.2 Å². The van der Waals surface area contributed by atoms with Crippen LogP contribution in [0.15, 0.2) is 36.4 Å². The molecule has 0 spiro atoms. The van der Waals surface area contributed by atoms with Crippen LogP contribution in [-0.2, 0) is 4.79 Å². The smallest absolute Gasteiger partial charge is 0.246 e. The molecule has 2 aromatic carbocycles. The molecule has 0 radical (unpaired) electrons. The summed E-state index contributed by atoms with van der Waals surface area (Å²) in [5.41, 5.74) is 7.62. The molecular weight excluding hydrogens is 393 g/mol. The maximum absolute atomic E-state index is 14.1. The van der Waals surface area contributed by atoms with E-state index in [-0.39, 0.29) is 11.7 Å². The van der Waals surface area contributed by atoms with Gasteiger partial charge in [0.15, 0.2) is 0 Å². The number of aromatic amines is 1. The molecule has 30 heavy (non-hydrogen) atoms. The summed E-state index contributed by atoms with van der Waals surface area (Å²) in [4.78, 5) is 13.2. The van der Waals surface area contributed by atoms with E-state index in [0.717, 1.165) is 55.0 Å². The molecule has 1 amide bonds. The third-order valence-electron chi connectivity index (χ3n) is 5.87. The summed E-state index contributed by atoms with van der Waals surface area (Å²) < 4.78 is 40.8. The first-order valence-electron chi connectivity index (χ1n) is 10.1. The van der Waals surface area contributed by atoms with Crippen LogP contribution in [0.5, 0.6) is 0 Å². The van der Waals surface area contributed by atoms with Crippen LogP contribution in [0.3, 0.4) is 0 Å². The molecule has 1 aromatic heterocycles. The molecule has 2 fully saturated rings. The largest absolute Gasteiger partial charge is 0.383 e. The second-order valence-electron chi connectivity index (χ2n) is 8.04. The fourth-order valence-corrected chi connectivity index (χ4v) is 3.85. The highest BCUT2D eigenvalue weighted by atomic mass is 19.1. The maximum Gasteiger partial charge on any atom is 0.246 e. The normalized spacial score (nSPS) is 17.2. The summed E-state index contributed by atoms with van der Waals surface area (Å²) in [6.07, 6.45) is 4.17. The standard InChI is InChI=1S/C18H14F3N.C5H9NO2/c19-12-6-4-11(5-7-12)17-16(10-2-1-3-10)14-8-13(20)9-15(21)18(14)22-17;6-5(8)4(7)3-1-2-3/h4-10,22H,1-3H2;3-4,7H,1-2H2,(H2,6,8). The topological polar surface area (TPSA) is 79.1 Å². The number of amides is 1. The molecule has 5 rings (SSSR count). The van der Waals surface area contributed by atoms with Gasteiger partial charge in [0, 0.05) is 11.5 Å². The number of carbonyl (C=O) groups is 1. The minimum Gasteiger partial charge on any atom is -0.383 e. The molecule has 7 heteroatoms. The van der Waals surface area contributed by atoms with Gasteiger partial charge in [-0.25, -0.2) is 13.2 Å². The lowest BCUT2D eigenvalue weighted by Gasteiger charge is -2.26. The van der Waals surface area contributed by atoms with E-state index in [0.29, 0.717) is 16.8 Å². The van der Waals surface area contributed by atoms with E-state index in [1.807, 2.05) is 0 Å². The van der Waals surface area contributed by atoms with E-state index in [9.17, 15) is 18.0 Å². The van der Waals surface area contributed by atoms with Crippen LogP contribution in [0.2, 0.25) is 0 Å². The highest BCUT2D eigenvalue weighted by Gasteiger charge is 2.33. The van der Waals surface area contributed by atoms with Gasteiger partial charge >= 0.3 is 0 Å². The molecule has 0 saturated heterocycles. The average molecular weight is 416 g/mol. The summed E-state index contributed by atoms with van der Waals surface area (Å²) in [6, 6.07) is 8.35. The highest BCUT2D eigenvalue weighted by molar-refractivity contribution is 5.92. The Morgan fingerprint density at radius 1 is 1.03 bits per heavy atom. The number of primary amides is 1. The van der Waals surface area contributed by atoms with Crippen molar-refractivity contribution in [2.75, 3.05) is 0 Å². The van der Waals surface area contributed by atoms with Gasteiger partial charge in [-0.1, -0.05) is 6.42 Å². The molecule has 3 aromatic rings. The highest BCUT2D eigenvalue weighted by Crippen LogP contribution is 2.45. The van der Waals surface area contributed by atoms with Crippen molar-refractivity contribution in [1.29, 1.82) is 0 Å². The summed E-state index contributed by atoms with van der Waals surface area (Å²) in [7, 11) is 0. The van der Waals surface area contributed by atoms with Crippen molar-refractivity contribution < 1.29 is 23.1 Å². The zero-order valence-corrected chi connectivity index (χ0v) is 16.3. The number of aliphatic hydroxyl groups excluding tert-OH is 1. The van der Waals surface area contributed by atoms with Crippen LogP contribution in [0.25, 0.3) is 22.2 Å². The number of aromatic nitrogens is 1. The van der Waals surface area contributed by atoms with Gasteiger partial charge in [0.1, 0.15) is 23.6 Å². The minimum absolute atomic E-state index is 0.174. The van der Waals surface area contributed by atoms with Crippen LogP contribution in [0.1, 0.15) is 43.6 Å². The molecule has 1 atom stereocenters. The number of H-pyrrole nitrogens is 1. The molecule has 2 saturated carbocycles. The van der Waals surface area contributed by atoms with Crippen LogP contribution in [0, 0.1) is 23.4 Å². The van der Waals surface area contributed by atoms with E-state index in [4.69, 9.17) is 10.8 Å². The Morgan fingerprint density at radius 3 is 2.20 bits per heavy atom. The number of hydrogen-bond acceptors (Lipinski definition) is 2. The van der Waals surface area contributed by atoms with E-state index in [2.05, 4.69) is 4.98 Å². The Bertz CT molecular complexity index is 1070. The Balaban J connectivity index is 0.000000230. The minimum atomic E-state index is -0.880. The predicted octanol–water partition coefficient (Wildman–Crippen LogP) is 4.76. The fourth-order valence-electron chi connectivity index (χ4n) is 3.85. The lowest BCUT2D eigenvalue weighted by atomic mass is 9.78. The van der Waals surface area contributed by atoms with Gasteiger partial charge in [0.25, 0.3) is 0 Å². The van der Waals surface area contributed by atoms with E-state index >= 15 is 0 Å². The molecule has 1 heterocycles.